The summed E-state index contributed by atoms with van der Waals surface area (Å²) in [6, 6.07) is 8.71. The topological polar surface area (TPSA) is 149 Å². The number of aliphatic hydroxyl groups is 1. The van der Waals surface area contributed by atoms with Gasteiger partial charge in [-0.05, 0) is 63.4 Å². The number of rotatable bonds is 24. The number of nitrogens with zero attached hydrogens (tertiary/aromatic N) is 2. The molecule has 1 aromatic carbocycles. The minimum atomic E-state index is -0.821. The number of benzene rings is 1. The smallest absolute Gasteiger partial charge is 0.410 e. The lowest BCUT2D eigenvalue weighted by Gasteiger charge is -2.40. The maximum Gasteiger partial charge on any atom is 0.410 e. The molecule has 12 nitrogen and oxygen atoms in total. The van der Waals surface area contributed by atoms with E-state index in [4.69, 9.17) is 18.9 Å². The zero-order valence-electron chi connectivity index (χ0n) is 37.1. The lowest BCUT2D eigenvalue weighted by atomic mass is 9.83. The number of hydrogen-bond donors (Lipinski definition) is 1. The summed E-state index contributed by atoms with van der Waals surface area (Å²) < 4.78 is 23.4. The molecule has 324 valence electrons. The van der Waals surface area contributed by atoms with Crippen molar-refractivity contribution in [1.29, 1.82) is 0 Å². The highest BCUT2D eigenvalue weighted by Crippen LogP contribution is 2.34. The van der Waals surface area contributed by atoms with E-state index in [1.54, 1.807) is 39.8 Å². The zero-order valence-corrected chi connectivity index (χ0v) is 37.1. The maximum atomic E-state index is 14.4. The highest BCUT2D eigenvalue weighted by Gasteiger charge is 2.47. The molecule has 0 bridgehead atoms. The number of likely N-dealkylation sites (N-methyl/N-ethyl adjacent to an activating group) is 2. The molecule has 1 saturated heterocycles. The molecule has 1 N–H and O–H groups in total. The van der Waals surface area contributed by atoms with Crippen LogP contribution in [0.15, 0.2) is 30.3 Å². The number of ether oxygens (including phenoxy) is 4. The molecule has 57 heavy (non-hydrogen) atoms. The van der Waals surface area contributed by atoms with Crippen LogP contribution in [0, 0.1) is 29.6 Å². The van der Waals surface area contributed by atoms with Crippen molar-refractivity contribution in [1.82, 2.24) is 9.80 Å². The van der Waals surface area contributed by atoms with Gasteiger partial charge in [0.1, 0.15) is 17.5 Å². The van der Waals surface area contributed by atoms with Crippen LogP contribution in [0.1, 0.15) is 113 Å². The number of methoxy groups -OCH3 is 2. The highest BCUT2D eigenvalue weighted by atomic mass is 16.6. The molecule has 0 aliphatic carbocycles. The molecule has 1 aliphatic heterocycles. The number of hydrogen-bond acceptors (Lipinski definition) is 10. The lowest BCUT2D eigenvalue weighted by molar-refractivity contribution is -0.146. The molecule has 2 amide bonds. The summed E-state index contributed by atoms with van der Waals surface area (Å²) in [4.78, 5) is 71.2. The average molecular weight is 803 g/mol. The van der Waals surface area contributed by atoms with E-state index in [0.29, 0.717) is 25.7 Å². The Hall–Kier alpha value is -3.19. The average Bonchev–Trinajstić information content (AvgIpc) is 3.52. The van der Waals surface area contributed by atoms with Crippen LogP contribution in [0.3, 0.4) is 0 Å². The summed E-state index contributed by atoms with van der Waals surface area (Å²) in [5.41, 5.74) is 0.422. The van der Waals surface area contributed by atoms with Gasteiger partial charge in [-0.2, -0.15) is 0 Å². The van der Waals surface area contributed by atoms with Gasteiger partial charge in [0.05, 0.1) is 37.0 Å². The van der Waals surface area contributed by atoms with E-state index in [9.17, 15) is 29.1 Å². The second kappa shape index (κ2) is 23.4. The Bertz CT molecular complexity index is 1430. The van der Waals surface area contributed by atoms with Crippen molar-refractivity contribution in [3.05, 3.63) is 35.9 Å². The van der Waals surface area contributed by atoms with E-state index in [2.05, 4.69) is 0 Å². The van der Waals surface area contributed by atoms with Crippen molar-refractivity contribution < 1.29 is 48.0 Å². The Labute approximate surface area is 342 Å². The second-order valence-electron chi connectivity index (χ2n) is 17.6. The number of ketones is 3. The fraction of sp³-hybridized carbons (Fsp3) is 0.756. The van der Waals surface area contributed by atoms with Gasteiger partial charge in [-0.25, -0.2) is 4.79 Å². The number of amides is 2. The van der Waals surface area contributed by atoms with Crippen LogP contribution < -0.4 is 0 Å². The first-order valence-electron chi connectivity index (χ1n) is 20.9. The molecule has 12 heteroatoms. The Balaban J connectivity index is 2.17. The van der Waals surface area contributed by atoms with Gasteiger partial charge in [-0.15, -0.1) is 0 Å². The summed E-state index contributed by atoms with van der Waals surface area (Å²) in [6.45, 7) is 16.6. The van der Waals surface area contributed by atoms with Gasteiger partial charge in [-0.1, -0.05) is 78.3 Å². The van der Waals surface area contributed by atoms with E-state index in [0.717, 1.165) is 12.0 Å². The monoisotopic (exact) mass is 803 g/mol. The van der Waals surface area contributed by atoms with Gasteiger partial charge in [0, 0.05) is 65.8 Å². The van der Waals surface area contributed by atoms with Crippen molar-refractivity contribution >= 4 is 29.4 Å². The third kappa shape index (κ3) is 14.5. The minimum absolute atomic E-state index is 0.0383. The number of carbonyl (C=O) groups is 5. The van der Waals surface area contributed by atoms with Crippen molar-refractivity contribution in [3.8, 4) is 0 Å². The first-order valence-corrected chi connectivity index (χ1v) is 20.9. The first kappa shape index (κ1) is 50.0. The SMILES string of the molecule is CC[C@H](C)C([C@@H](CC(=O)CCC1OC(C(=O)CCCc2ccccc2)[C@@H](OC)[C@@H]1CO)OC)N(C)C(=O)[C@@H](CC(=O)[C@H](C(C)C)N(C)C(=O)OC(C)(C)C)C(C)C. The molecular weight excluding hydrogens is 728 g/mol. The number of Topliss-reactive ketones (excluding diaryl/α,β-unsaturated/α-hetero) is 3. The number of carbonyl (C=O) groups excluding carboxylic acids is 5. The number of aryl methyl sites for hydroxylation is 1. The molecule has 9 atom stereocenters. The van der Waals surface area contributed by atoms with Crippen molar-refractivity contribution in [2.75, 3.05) is 34.9 Å². The minimum Gasteiger partial charge on any atom is -0.444 e. The van der Waals surface area contributed by atoms with Crippen molar-refractivity contribution in [2.24, 2.45) is 29.6 Å². The largest absolute Gasteiger partial charge is 0.444 e. The van der Waals surface area contributed by atoms with Gasteiger partial charge in [0.15, 0.2) is 11.6 Å². The van der Waals surface area contributed by atoms with E-state index < -0.39 is 60.0 Å². The molecule has 0 spiro atoms. The predicted molar refractivity (Wildman–Crippen MR) is 221 cm³/mol. The summed E-state index contributed by atoms with van der Waals surface area (Å²) in [6.07, 6.45) is -0.359. The van der Waals surface area contributed by atoms with E-state index in [-0.39, 0.29) is 66.9 Å². The molecule has 1 aromatic rings. The molecule has 3 unspecified atom stereocenters. The molecule has 2 rings (SSSR count). The zero-order chi connectivity index (χ0) is 43.2. The van der Waals surface area contributed by atoms with Crippen LogP contribution in [-0.4, -0.2) is 121 Å². The summed E-state index contributed by atoms with van der Waals surface area (Å²) >= 11 is 0. The third-order valence-corrected chi connectivity index (χ3v) is 11.5. The van der Waals surface area contributed by atoms with Crippen LogP contribution >= 0.6 is 0 Å². The molecule has 1 fully saturated rings. The summed E-state index contributed by atoms with van der Waals surface area (Å²) in [7, 11) is 6.31. The first-order chi connectivity index (χ1) is 26.7. The van der Waals surface area contributed by atoms with E-state index in [1.807, 2.05) is 71.9 Å². The molecule has 1 heterocycles. The van der Waals surface area contributed by atoms with Gasteiger partial charge in [-0.3, -0.25) is 19.2 Å². The lowest BCUT2D eigenvalue weighted by Crippen LogP contribution is -2.53. The van der Waals surface area contributed by atoms with Gasteiger partial charge in [0.25, 0.3) is 0 Å². The Morgan fingerprint density at radius 2 is 1.53 bits per heavy atom. The molecule has 0 radical (unpaired) electrons. The standard InChI is InChI=1S/C45H74N2O10/c1-14-30(6)40(46(10)43(52)33(28(2)3)26-36(51)39(29(4)5)47(11)44(53)57-45(7,8)9)38(54-12)25-32(49)23-24-37-34(27-48)41(55-13)42(56-37)35(50)22-18-21-31-19-16-15-17-20-31/h15-17,19-20,28-30,33-34,37-42,48H,14,18,21-27H2,1-13H3/t30-,33-,34+,37?,38+,39-,40?,41-,42?/m0/s1. The molecule has 0 saturated carbocycles. The van der Waals surface area contributed by atoms with Crippen LogP contribution in [0.5, 0.6) is 0 Å². The summed E-state index contributed by atoms with van der Waals surface area (Å²) in [5.74, 6) is -2.21. The third-order valence-electron chi connectivity index (χ3n) is 11.5. The van der Waals surface area contributed by atoms with Crippen molar-refractivity contribution in [3.63, 3.8) is 0 Å². The Morgan fingerprint density at radius 1 is 0.895 bits per heavy atom. The van der Waals surface area contributed by atoms with E-state index in [1.165, 1.54) is 19.1 Å². The van der Waals surface area contributed by atoms with Crippen LogP contribution in [0.2, 0.25) is 0 Å². The maximum absolute atomic E-state index is 14.4. The fourth-order valence-electron chi connectivity index (χ4n) is 8.17. The predicted octanol–water partition coefficient (Wildman–Crippen LogP) is 6.72. The Morgan fingerprint density at radius 3 is 2.04 bits per heavy atom. The summed E-state index contributed by atoms with van der Waals surface area (Å²) in [5, 5.41) is 10.3. The van der Waals surface area contributed by atoms with Crippen LogP contribution in [0.25, 0.3) is 0 Å². The van der Waals surface area contributed by atoms with Gasteiger partial charge in [0.2, 0.25) is 5.91 Å². The van der Waals surface area contributed by atoms with Gasteiger partial charge < -0.3 is 33.9 Å². The Kier molecular flexibility index (Phi) is 20.5. The second-order valence-corrected chi connectivity index (χ2v) is 17.6. The quantitative estimate of drug-likeness (QED) is 0.119. The molecular formula is C45H74N2O10. The van der Waals surface area contributed by atoms with Crippen LogP contribution in [0.4, 0.5) is 4.79 Å². The van der Waals surface area contributed by atoms with Crippen LogP contribution in [-0.2, 0) is 44.5 Å². The normalized spacial score (nSPS) is 21.1. The molecule has 1 aliphatic rings. The van der Waals surface area contributed by atoms with Gasteiger partial charge >= 0.3 is 6.09 Å². The van der Waals surface area contributed by atoms with E-state index >= 15 is 0 Å². The molecule has 0 aromatic heterocycles. The number of aliphatic hydroxyl groups excluding tert-OH is 1. The fourth-order valence-corrected chi connectivity index (χ4v) is 8.17. The van der Waals surface area contributed by atoms with Crippen molar-refractivity contribution in [2.45, 2.75) is 156 Å². The highest BCUT2D eigenvalue weighted by molar-refractivity contribution is 5.92.